The molecule has 0 radical (unpaired) electrons. The molecule has 2 unspecified atom stereocenters. The van der Waals surface area contributed by atoms with E-state index in [1.807, 2.05) is 30.3 Å². The normalized spacial score (nSPS) is 20.8. The van der Waals surface area contributed by atoms with Crippen molar-refractivity contribution in [3.8, 4) is 5.75 Å². The lowest BCUT2D eigenvalue weighted by Gasteiger charge is -2.14. The van der Waals surface area contributed by atoms with Crippen molar-refractivity contribution >= 4 is 35.0 Å². The van der Waals surface area contributed by atoms with E-state index in [4.69, 9.17) is 27.9 Å². The summed E-state index contributed by atoms with van der Waals surface area (Å²) < 4.78 is 5.20. The minimum atomic E-state index is -0.624. The van der Waals surface area contributed by atoms with Gasteiger partial charge in [0.05, 0.1) is 23.5 Å². The largest absolute Gasteiger partial charge is 0.495 e. The molecule has 1 heterocycles. The molecule has 104 valence electrons. The number of hydrogen-bond acceptors (Lipinski definition) is 3. The summed E-state index contributed by atoms with van der Waals surface area (Å²) in [6.45, 7) is 0. The number of hydrogen-bond donors (Lipinski definition) is 1. The number of rotatable bonds is 2. The smallest absolute Gasteiger partial charge is 0.139 e. The highest BCUT2D eigenvalue weighted by Gasteiger charge is 2.36. The van der Waals surface area contributed by atoms with E-state index in [1.165, 1.54) is 18.9 Å². The van der Waals surface area contributed by atoms with Crippen molar-refractivity contribution in [1.29, 1.82) is 0 Å². The summed E-state index contributed by atoms with van der Waals surface area (Å²) in [7, 11) is 1.53. The van der Waals surface area contributed by atoms with Gasteiger partial charge in [-0.1, -0.05) is 53.5 Å². The fraction of sp³-hybridized carbons (Fsp3) is 0.200. The summed E-state index contributed by atoms with van der Waals surface area (Å²) in [5, 5.41) is 11.3. The molecule has 0 spiro atoms. The third-order valence-corrected chi connectivity index (χ3v) is 5.78. The first-order valence-corrected chi connectivity index (χ1v) is 7.72. The molecule has 0 aromatic heterocycles. The SMILES string of the molecule is COc1cc2c(c(Cl)c1Cl)SC(c1ccccc1)C2O. The number of ether oxygens (including phenoxy) is 1. The average Bonchev–Trinajstić information content (AvgIpc) is 2.81. The van der Waals surface area contributed by atoms with Gasteiger partial charge < -0.3 is 9.84 Å². The lowest BCUT2D eigenvalue weighted by atomic mass is 10.0. The quantitative estimate of drug-likeness (QED) is 0.852. The second-order valence-electron chi connectivity index (χ2n) is 4.52. The number of aliphatic hydroxyl groups is 1. The van der Waals surface area contributed by atoms with Crippen LogP contribution >= 0.6 is 35.0 Å². The lowest BCUT2D eigenvalue weighted by molar-refractivity contribution is 0.176. The standard InChI is InChI=1S/C15H12Cl2O2S/c1-19-10-7-9-13(18)14(8-5-3-2-4-6-8)20-15(9)12(17)11(10)16/h2-7,13-14,18H,1H3. The molecule has 0 fully saturated rings. The van der Waals surface area contributed by atoms with Gasteiger partial charge in [0, 0.05) is 10.5 Å². The Bertz CT molecular complexity index is 646. The number of halogens is 2. The summed E-state index contributed by atoms with van der Waals surface area (Å²) in [5.74, 6) is 0.490. The van der Waals surface area contributed by atoms with Gasteiger partial charge in [0.1, 0.15) is 10.8 Å². The summed E-state index contributed by atoms with van der Waals surface area (Å²) >= 11 is 14.0. The number of methoxy groups -OCH3 is 1. The van der Waals surface area contributed by atoms with E-state index in [1.54, 1.807) is 6.07 Å². The molecule has 2 atom stereocenters. The molecular formula is C15H12Cl2O2S. The van der Waals surface area contributed by atoms with Crippen molar-refractivity contribution < 1.29 is 9.84 Å². The predicted molar refractivity (Wildman–Crippen MR) is 83.0 cm³/mol. The fourth-order valence-electron chi connectivity index (χ4n) is 2.34. The van der Waals surface area contributed by atoms with Crippen molar-refractivity contribution in [1.82, 2.24) is 0 Å². The van der Waals surface area contributed by atoms with Crippen LogP contribution in [-0.2, 0) is 0 Å². The molecule has 1 N–H and O–H groups in total. The van der Waals surface area contributed by atoms with Gasteiger partial charge >= 0.3 is 0 Å². The molecule has 0 amide bonds. The Balaban J connectivity index is 2.07. The van der Waals surface area contributed by atoms with Gasteiger partial charge in [-0.25, -0.2) is 0 Å². The van der Waals surface area contributed by atoms with E-state index >= 15 is 0 Å². The van der Waals surface area contributed by atoms with Crippen LogP contribution in [0.15, 0.2) is 41.3 Å². The zero-order valence-corrected chi connectivity index (χ0v) is 13.0. The van der Waals surface area contributed by atoms with Crippen LogP contribution in [0.25, 0.3) is 0 Å². The van der Waals surface area contributed by atoms with Gasteiger partial charge in [0.25, 0.3) is 0 Å². The summed E-state index contributed by atoms with van der Waals surface area (Å²) in [6.07, 6.45) is -0.624. The van der Waals surface area contributed by atoms with Crippen LogP contribution in [-0.4, -0.2) is 12.2 Å². The highest BCUT2D eigenvalue weighted by atomic mass is 35.5. The van der Waals surface area contributed by atoms with E-state index in [9.17, 15) is 5.11 Å². The van der Waals surface area contributed by atoms with E-state index in [0.717, 1.165) is 16.0 Å². The van der Waals surface area contributed by atoms with Gasteiger partial charge in [-0.2, -0.15) is 0 Å². The van der Waals surface area contributed by atoms with Gasteiger partial charge in [-0.3, -0.25) is 0 Å². The van der Waals surface area contributed by atoms with Crippen molar-refractivity contribution in [3.63, 3.8) is 0 Å². The highest BCUT2D eigenvalue weighted by molar-refractivity contribution is 8.00. The molecular weight excluding hydrogens is 315 g/mol. The third-order valence-electron chi connectivity index (χ3n) is 3.36. The van der Waals surface area contributed by atoms with Crippen LogP contribution in [0.4, 0.5) is 0 Å². The number of benzene rings is 2. The predicted octanol–water partition coefficient (Wildman–Crippen LogP) is 4.88. The number of aliphatic hydroxyl groups excluding tert-OH is 1. The summed E-state index contributed by atoms with van der Waals surface area (Å²) in [6, 6.07) is 11.6. The minimum Gasteiger partial charge on any atom is -0.495 e. The minimum absolute atomic E-state index is 0.0770. The lowest BCUT2D eigenvalue weighted by Crippen LogP contribution is -2.02. The maximum atomic E-state index is 10.6. The molecule has 0 bridgehead atoms. The molecule has 0 saturated carbocycles. The zero-order valence-electron chi connectivity index (χ0n) is 10.6. The van der Waals surface area contributed by atoms with E-state index < -0.39 is 6.10 Å². The van der Waals surface area contributed by atoms with Crippen molar-refractivity contribution in [2.45, 2.75) is 16.2 Å². The molecule has 0 saturated heterocycles. The van der Waals surface area contributed by atoms with Crippen molar-refractivity contribution in [2.24, 2.45) is 0 Å². The Morgan fingerprint density at radius 1 is 1.15 bits per heavy atom. The molecule has 1 aliphatic heterocycles. The van der Waals surface area contributed by atoms with E-state index in [-0.39, 0.29) is 5.25 Å². The van der Waals surface area contributed by atoms with Crippen LogP contribution in [0.1, 0.15) is 22.5 Å². The zero-order chi connectivity index (χ0) is 14.3. The Hall–Kier alpha value is -0.870. The van der Waals surface area contributed by atoms with Gasteiger partial charge in [0.15, 0.2) is 0 Å². The monoisotopic (exact) mass is 326 g/mol. The topological polar surface area (TPSA) is 29.5 Å². The first-order valence-electron chi connectivity index (χ1n) is 6.09. The maximum Gasteiger partial charge on any atom is 0.139 e. The molecule has 5 heteroatoms. The Morgan fingerprint density at radius 2 is 1.85 bits per heavy atom. The molecule has 3 rings (SSSR count). The molecule has 2 nitrogen and oxygen atoms in total. The third kappa shape index (κ3) is 2.19. The van der Waals surface area contributed by atoms with E-state index in [0.29, 0.717) is 15.8 Å². The van der Waals surface area contributed by atoms with Gasteiger partial charge in [0.2, 0.25) is 0 Å². The average molecular weight is 327 g/mol. The summed E-state index contributed by atoms with van der Waals surface area (Å²) in [5.41, 5.74) is 1.84. The second-order valence-corrected chi connectivity index (χ2v) is 6.43. The Labute approximate surface area is 131 Å². The second kappa shape index (κ2) is 5.49. The summed E-state index contributed by atoms with van der Waals surface area (Å²) in [4.78, 5) is 0.832. The molecule has 2 aromatic carbocycles. The number of fused-ring (bicyclic) bond motifs is 1. The van der Waals surface area contributed by atoms with Crippen LogP contribution in [0.3, 0.4) is 0 Å². The van der Waals surface area contributed by atoms with Crippen LogP contribution in [0, 0.1) is 0 Å². The first kappa shape index (κ1) is 14.1. The fourth-order valence-corrected chi connectivity index (χ4v) is 4.30. The van der Waals surface area contributed by atoms with Crippen molar-refractivity contribution in [3.05, 3.63) is 57.6 Å². The van der Waals surface area contributed by atoms with Crippen LogP contribution in [0.2, 0.25) is 10.0 Å². The van der Waals surface area contributed by atoms with Crippen LogP contribution in [0.5, 0.6) is 5.75 Å². The molecule has 0 aliphatic carbocycles. The maximum absolute atomic E-state index is 10.6. The highest BCUT2D eigenvalue weighted by Crippen LogP contribution is 2.57. The molecule has 20 heavy (non-hydrogen) atoms. The number of thioether (sulfide) groups is 1. The van der Waals surface area contributed by atoms with Gasteiger partial charge in [-0.05, 0) is 11.6 Å². The van der Waals surface area contributed by atoms with Gasteiger partial charge in [-0.15, -0.1) is 11.8 Å². The first-order chi connectivity index (χ1) is 9.63. The van der Waals surface area contributed by atoms with Crippen LogP contribution < -0.4 is 4.74 Å². The molecule has 2 aromatic rings. The Kier molecular flexibility index (Phi) is 3.87. The Morgan fingerprint density at radius 3 is 2.50 bits per heavy atom. The van der Waals surface area contributed by atoms with Crippen molar-refractivity contribution in [2.75, 3.05) is 7.11 Å². The molecule has 1 aliphatic rings. The van der Waals surface area contributed by atoms with E-state index in [2.05, 4.69) is 0 Å².